The molecule has 5 nitrogen and oxygen atoms in total. The molecule has 3 rings (SSSR count). The van der Waals surface area contributed by atoms with Crippen molar-refractivity contribution in [3.63, 3.8) is 0 Å². The molecule has 2 atom stereocenters. The Morgan fingerprint density at radius 1 is 0.964 bits per heavy atom. The Hall–Kier alpha value is -2.95. The third-order valence-electron chi connectivity index (χ3n) is 5.47. The molecule has 28 heavy (non-hydrogen) atoms. The minimum Gasteiger partial charge on any atom is -0.481 e. The number of carboxylic acid groups (broad SMARTS) is 1. The minimum atomic E-state index is -0.892. The summed E-state index contributed by atoms with van der Waals surface area (Å²) in [7, 11) is 0. The summed E-state index contributed by atoms with van der Waals surface area (Å²) in [6.45, 7) is 2.62. The van der Waals surface area contributed by atoms with Crippen LogP contribution in [-0.2, 0) is 16.0 Å². The summed E-state index contributed by atoms with van der Waals surface area (Å²) in [5.74, 6) is -1.97. The van der Waals surface area contributed by atoms with Crippen molar-refractivity contribution in [3.8, 4) is 0 Å². The molecule has 1 N–H and O–H groups in total. The van der Waals surface area contributed by atoms with Crippen molar-refractivity contribution in [2.75, 3.05) is 13.1 Å². The van der Waals surface area contributed by atoms with Gasteiger partial charge in [0.2, 0.25) is 5.91 Å². The van der Waals surface area contributed by atoms with Crippen LogP contribution in [0.15, 0.2) is 54.6 Å². The summed E-state index contributed by atoms with van der Waals surface area (Å²) in [5.41, 5.74) is 2.70. The molecule has 146 valence electrons. The van der Waals surface area contributed by atoms with Gasteiger partial charge in [0, 0.05) is 37.4 Å². The summed E-state index contributed by atoms with van der Waals surface area (Å²) in [6, 6.07) is 16.9. The van der Waals surface area contributed by atoms with Crippen molar-refractivity contribution in [3.05, 3.63) is 71.3 Å². The van der Waals surface area contributed by atoms with E-state index in [2.05, 4.69) is 6.92 Å². The second kappa shape index (κ2) is 8.83. The molecule has 2 aromatic carbocycles. The summed E-state index contributed by atoms with van der Waals surface area (Å²) in [5, 5.41) is 9.56. The first-order valence-corrected chi connectivity index (χ1v) is 9.67. The van der Waals surface area contributed by atoms with Crippen LogP contribution >= 0.6 is 0 Å². The zero-order valence-corrected chi connectivity index (χ0v) is 16.0. The van der Waals surface area contributed by atoms with Crippen LogP contribution in [0.1, 0.15) is 47.2 Å². The van der Waals surface area contributed by atoms with Crippen LogP contribution in [0.3, 0.4) is 0 Å². The van der Waals surface area contributed by atoms with E-state index in [4.69, 9.17) is 0 Å². The van der Waals surface area contributed by atoms with E-state index in [-0.39, 0.29) is 37.0 Å². The van der Waals surface area contributed by atoms with Gasteiger partial charge in [0.1, 0.15) is 0 Å². The molecule has 5 heteroatoms. The van der Waals surface area contributed by atoms with Gasteiger partial charge in [0.05, 0.1) is 5.92 Å². The Kier molecular flexibility index (Phi) is 6.24. The lowest BCUT2D eigenvalue weighted by Gasteiger charge is -2.16. The quantitative estimate of drug-likeness (QED) is 0.747. The molecule has 0 radical (unpaired) electrons. The van der Waals surface area contributed by atoms with Gasteiger partial charge >= 0.3 is 5.97 Å². The number of carbonyl (C=O) groups is 3. The lowest BCUT2D eigenvalue weighted by atomic mass is 9.89. The number of hydrogen-bond acceptors (Lipinski definition) is 3. The number of Topliss-reactive ketones (excluding diaryl/α,β-unsaturated/α-hetero) is 1. The SMILES string of the molecule is CCc1ccc(C(=O)CCC(=O)N2C[C@H](C(=O)O)[C@H](c3ccccc3)C2)cc1. The number of hydrogen-bond donors (Lipinski definition) is 1. The van der Waals surface area contributed by atoms with Crippen LogP contribution in [-0.4, -0.2) is 40.8 Å². The maximum absolute atomic E-state index is 12.6. The van der Waals surface area contributed by atoms with Crippen molar-refractivity contribution >= 4 is 17.7 Å². The molecule has 0 aliphatic carbocycles. The molecule has 2 aromatic rings. The van der Waals surface area contributed by atoms with Gasteiger partial charge in [-0.15, -0.1) is 0 Å². The predicted molar refractivity (Wildman–Crippen MR) is 106 cm³/mol. The van der Waals surface area contributed by atoms with E-state index >= 15 is 0 Å². The lowest BCUT2D eigenvalue weighted by molar-refractivity contribution is -0.141. The molecule has 0 spiro atoms. The van der Waals surface area contributed by atoms with Crippen LogP contribution < -0.4 is 0 Å². The van der Waals surface area contributed by atoms with Gasteiger partial charge in [0.15, 0.2) is 5.78 Å². The first-order valence-electron chi connectivity index (χ1n) is 9.67. The molecular weight excluding hydrogens is 354 g/mol. The molecule has 1 aliphatic rings. The number of carboxylic acids is 1. The molecular formula is C23H25NO4. The van der Waals surface area contributed by atoms with Crippen LogP contribution in [0, 0.1) is 5.92 Å². The summed E-state index contributed by atoms with van der Waals surface area (Å²) < 4.78 is 0. The third-order valence-corrected chi connectivity index (χ3v) is 5.47. The first kappa shape index (κ1) is 19.8. The highest BCUT2D eigenvalue weighted by Crippen LogP contribution is 2.33. The molecule has 0 aromatic heterocycles. The lowest BCUT2D eigenvalue weighted by Crippen LogP contribution is -2.30. The van der Waals surface area contributed by atoms with Gasteiger partial charge in [0.25, 0.3) is 0 Å². The Labute approximate surface area is 165 Å². The minimum absolute atomic E-state index is 0.0652. The normalized spacial score (nSPS) is 18.8. The first-order chi connectivity index (χ1) is 13.5. The number of carbonyl (C=O) groups excluding carboxylic acids is 2. The van der Waals surface area contributed by atoms with Crippen molar-refractivity contribution in [2.45, 2.75) is 32.1 Å². The van der Waals surface area contributed by atoms with Crippen molar-refractivity contribution in [2.24, 2.45) is 5.92 Å². The van der Waals surface area contributed by atoms with Gasteiger partial charge < -0.3 is 10.0 Å². The fraction of sp³-hybridized carbons (Fsp3) is 0.348. The highest BCUT2D eigenvalue weighted by atomic mass is 16.4. The average Bonchev–Trinajstić information content (AvgIpc) is 3.18. The number of nitrogens with zero attached hydrogens (tertiary/aromatic N) is 1. The van der Waals surface area contributed by atoms with E-state index in [1.165, 1.54) is 0 Å². The summed E-state index contributed by atoms with van der Waals surface area (Å²) >= 11 is 0. The van der Waals surface area contributed by atoms with Gasteiger partial charge in [-0.25, -0.2) is 0 Å². The number of amides is 1. The number of aliphatic carboxylic acids is 1. The Bertz CT molecular complexity index is 845. The largest absolute Gasteiger partial charge is 0.481 e. The predicted octanol–water partition coefficient (Wildman–Crippen LogP) is 3.54. The van der Waals surface area contributed by atoms with E-state index in [1.54, 1.807) is 17.0 Å². The number of likely N-dealkylation sites (tertiary alicyclic amines) is 1. The standard InChI is InChI=1S/C23H25NO4/c1-2-16-8-10-18(11-9-16)21(25)12-13-22(26)24-14-19(20(15-24)23(27)28)17-6-4-3-5-7-17/h3-11,19-20H,2,12-15H2,1H3,(H,27,28)/t19-,20-/m0/s1. The number of ketones is 1. The molecule has 1 heterocycles. The Morgan fingerprint density at radius 3 is 2.25 bits per heavy atom. The second-order valence-corrected chi connectivity index (χ2v) is 7.23. The molecule has 0 bridgehead atoms. The molecule has 1 aliphatic heterocycles. The van der Waals surface area contributed by atoms with Gasteiger partial charge in [-0.2, -0.15) is 0 Å². The topological polar surface area (TPSA) is 74.7 Å². The van der Waals surface area contributed by atoms with Crippen molar-refractivity contribution in [1.82, 2.24) is 4.90 Å². The van der Waals surface area contributed by atoms with E-state index in [1.807, 2.05) is 42.5 Å². The number of rotatable bonds is 7. The Morgan fingerprint density at radius 2 is 1.64 bits per heavy atom. The highest BCUT2D eigenvalue weighted by molar-refractivity contribution is 5.98. The maximum atomic E-state index is 12.6. The Balaban J connectivity index is 1.61. The zero-order chi connectivity index (χ0) is 20.1. The van der Waals surface area contributed by atoms with Crippen LogP contribution in [0.25, 0.3) is 0 Å². The summed E-state index contributed by atoms with van der Waals surface area (Å²) in [4.78, 5) is 38.2. The van der Waals surface area contributed by atoms with E-state index in [0.717, 1.165) is 17.5 Å². The molecule has 1 fully saturated rings. The third kappa shape index (κ3) is 4.47. The smallest absolute Gasteiger partial charge is 0.308 e. The maximum Gasteiger partial charge on any atom is 0.308 e. The van der Waals surface area contributed by atoms with Crippen molar-refractivity contribution in [1.29, 1.82) is 0 Å². The van der Waals surface area contributed by atoms with Crippen LogP contribution in [0.2, 0.25) is 0 Å². The summed E-state index contributed by atoms with van der Waals surface area (Å²) in [6.07, 6.45) is 1.14. The van der Waals surface area contributed by atoms with Crippen LogP contribution in [0.4, 0.5) is 0 Å². The zero-order valence-electron chi connectivity index (χ0n) is 16.0. The monoisotopic (exact) mass is 379 g/mol. The fourth-order valence-electron chi connectivity index (χ4n) is 3.74. The number of benzene rings is 2. The average molecular weight is 379 g/mol. The van der Waals surface area contributed by atoms with Gasteiger partial charge in [-0.3, -0.25) is 14.4 Å². The van der Waals surface area contributed by atoms with E-state index in [0.29, 0.717) is 12.1 Å². The molecule has 0 unspecified atom stereocenters. The van der Waals surface area contributed by atoms with Gasteiger partial charge in [-0.1, -0.05) is 61.5 Å². The molecule has 0 saturated carbocycles. The van der Waals surface area contributed by atoms with E-state index in [9.17, 15) is 19.5 Å². The van der Waals surface area contributed by atoms with Gasteiger partial charge in [-0.05, 0) is 17.5 Å². The van der Waals surface area contributed by atoms with E-state index < -0.39 is 11.9 Å². The number of aryl methyl sites for hydroxylation is 1. The second-order valence-electron chi connectivity index (χ2n) is 7.23. The van der Waals surface area contributed by atoms with Crippen molar-refractivity contribution < 1.29 is 19.5 Å². The fourth-order valence-corrected chi connectivity index (χ4v) is 3.74. The highest BCUT2D eigenvalue weighted by Gasteiger charge is 2.40. The van der Waals surface area contributed by atoms with Crippen LogP contribution in [0.5, 0.6) is 0 Å². The molecule has 1 amide bonds. The molecule has 1 saturated heterocycles.